The van der Waals surface area contributed by atoms with Crippen LogP contribution in [0.2, 0.25) is 0 Å². The van der Waals surface area contributed by atoms with E-state index < -0.39 is 30.8 Å². The molecule has 1 amide bonds. The second kappa shape index (κ2) is 11.4. The number of esters is 1. The highest BCUT2D eigenvalue weighted by Crippen LogP contribution is 2.51. The molecule has 8 heteroatoms. The van der Waals surface area contributed by atoms with Gasteiger partial charge in [-0.2, -0.15) is 0 Å². The summed E-state index contributed by atoms with van der Waals surface area (Å²) in [6.45, 7) is 8.87. The molecular weight excluding hydrogens is 357 g/mol. The monoisotopic (exact) mass is 391 g/mol. The average molecular weight is 391 g/mol. The molecule has 0 saturated carbocycles. The van der Waals surface area contributed by atoms with Crippen molar-refractivity contribution >= 4 is 19.4 Å². The maximum atomic E-state index is 13.2. The number of ether oxygens (including phenoxy) is 2. The fourth-order valence-corrected chi connectivity index (χ4v) is 3.94. The first-order chi connectivity index (χ1) is 12.0. The molecule has 0 fully saturated rings. The molecule has 0 aromatic rings. The highest BCUT2D eigenvalue weighted by atomic mass is 31.2. The third-order valence-corrected chi connectivity index (χ3v) is 6.37. The van der Waals surface area contributed by atoms with Crippen LogP contribution in [-0.4, -0.2) is 43.8 Å². The van der Waals surface area contributed by atoms with E-state index in [1.54, 1.807) is 33.8 Å². The molecule has 0 aliphatic carbocycles. The lowest BCUT2D eigenvalue weighted by Gasteiger charge is -2.26. The van der Waals surface area contributed by atoms with Crippen molar-refractivity contribution in [2.75, 3.05) is 20.4 Å². The van der Waals surface area contributed by atoms with Crippen LogP contribution in [0.4, 0.5) is 4.79 Å². The quantitative estimate of drug-likeness (QED) is 0.256. The van der Waals surface area contributed by atoms with Crippen molar-refractivity contribution in [1.29, 1.82) is 0 Å². The molecule has 7 nitrogen and oxygen atoms in total. The minimum Gasteiger partial charge on any atom is -0.466 e. The SMILES string of the molecule is CCCCCC=C(CP(=O)(OC)C(C)NC(=O)OC(C)(C)C)C(=O)OC. The van der Waals surface area contributed by atoms with Crippen molar-refractivity contribution in [1.82, 2.24) is 5.32 Å². The molecule has 0 aliphatic heterocycles. The van der Waals surface area contributed by atoms with Gasteiger partial charge in [-0.25, -0.2) is 9.59 Å². The first kappa shape index (κ1) is 24.7. The van der Waals surface area contributed by atoms with Gasteiger partial charge < -0.3 is 19.3 Å². The molecule has 0 bridgehead atoms. The second-order valence-electron chi connectivity index (χ2n) is 7.11. The molecule has 0 aliphatic rings. The van der Waals surface area contributed by atoms with Gasteiger partial charge in [0.05, 0.1) is 13.3 Å². The van der Waals surface area contributed by atoms with Gasteiger partial charge in [0.2, 0.25) is 7.37 Å². The number of hydrogen-bond donors (Lipinski definition) is 1. The molecule has 2 unspecified atom stereocenters. The zero-order valence-electron chi connectivity index (χ0n) is 17.1. The summed E-state index contributed by atoms with van der Waals surface area (Å²) in [6, 6.07) is 0. The molecule has 0 radical (unpaired) electrons. The van der Waals surface area contributed by atoms with Gasteiger partial charge >= 0.3 is 12.1 Å². The molecule has 0 spiro atoms. The maximum Gasteiger partial charge on any atom is 0.408 e. The van der Waals surface area contributed by atoms with Crippen LogP contribution in [0.1, 0.15) is 60.3 Å². The zero-order valence-corrected chi connectivity index (χ0v) is 18.0. The molecule has 0 aromatic heterocycles. The predicted octanol–water partition coefficient (Wildman–Crippen LogP) is 4.46. The van der Waals surface area contributed by atoms with E-state index in [1.807, 2.05) is 0 Å². The average Bonchev–Trinajstić information content (AvgIpc) is 2.54. The number of nitrogens with one attached hydrogen (secondary N) is 1. The van der Waals surface area contributed by atoms with Crippen LogP contribution >= 0.6 is 7.37 Å². The maximum absolute atomic E-state index is 13.2. The molecule has 152 valence electrons. The van der Waals surface area contributed by atoms with Gasteiger partial charge in [-0.3, -0.25) is 4.57 Å². The number of amides is 1. The van der Waals surface area contributed by atoms with Crippen LogP contribution in [-0.2, 0) is 23.4 Å². The number of alkyl carbamates (subject to hydrolysis) is 1. The number of unbranched alkanes of at least 4 members (excludes halogenated alkanes) is 3. The summed E-state index contributed by atoms with van der Waals surface area (Å²) >= 11 is 0. The van der Waals surface area contributed by atoms with E-state index in [9.17, 15) is 14.2 Å². The van der Waals surface area contributed by atoms with Gasteiger partial charge in [0.1, 0.15) is 11.4 Å². The first-order valence-corrected chi connectivity index (χ1v) is 10.8. The molecule has 0 saturated heterocycles. The van der Waals surface area contributed by atoms with Gasteiger partial charge in [0.25, 0.3) is 0 Å². The fourth-order valence-electron chi connectivity index (χ4n) is 2.19. The number of carbonyl (C=O) groups is 2. The van der Waals surface area contributed by atoms with E-state index in [0.717, 1.165) is 19.3 Å². The normalized spacial score (nSPS) is 15.7. The van der Waals surface area contributed by atoms with E-state index in [4.69, 9.17) is 14.0 Å². The highest BCUT2D eigenvalue weighted by Gasteiger charge is 2.35. The lowest BCUT2D eigenvalue weighted by atomic mass is 10.1. The molecule has 0 aromatic carbocycles. The van der Waals surface area contributed by atoms with Gasteiger partial charge in [-0.15, -0.1) is 0 Å². The Morgan fingerprint density at radius 3 is 2.27 bits per heavy atom. The molecular formula is C18H34NO6P. The first-order valence-electron chi connectivity index (χ1n) is 8.90. The Morgan fingerprint density at radius 2 is 1.81 bits per heavy atom. The zero-order chi connectivity index (χ0) is 20.4. The van der Waals surface area contributed by atoms with Crippen LogP contribution in [0.15, 0.2) is 11.6 Å². The largest absolute Gasteiger partial charge is 0.466 e. The third-order valence-electron chi connectivity index (χ3n) is 3.66. The van der Waals surface area contributed by atoms with Crippen LogP contribution in [0, 0.1) is 0 Å². The van der Waals surface area contributed by atoms with Crippen LogP contribution < -0.4 is 5.32 Å². The van der Waals surface area contributed by atoms with E-state index in [0.29, 0.717) is 12.0 Å². The summed E-state index contributed by atoms with van der Waals surface area (Å²) in [4.78, 5) is 24.0. The van der Waals surface area contributed by atoms with Crippen molar-refractivity contribution < 1.29 is 28.2 Å². The molecule has 2 atom stereocenters. The van der Waals surface area contributed by atoms with E-state index in [-0.39, 0.29) is 6.16 Å². The topological polar surface area (TPSA) is 90.9 Å². The van der Waals surface area contributed by atoms with Crippen LogP contribution in [0.5, 0.6) is 0 Å². The van der Waals surface area contributed by atoms with E-state index in [1.165, 1.54) is 14.2 Å². The summed E-state index contributed by atoms with van der Waals surface area (Å²) in [5.41, 5.74) is -0.372. The van der Waals surface area contributed by atoms with E-state index in [2.05, 4.69) is 12.2 Å². The lowest BCUT2D eigenvalue weighted by molar-refractivity contribution is -0.136. The van der Waals surface area contributed by atoms with E-state index >= 15 is 0 Å². The third kappa shape index (κ3) is 9.39. The summed E-state index contributed by atoms with van der Waals surface area (Å²) < 4.78 is 28.4. The number of methoxy groups -OCH3 is 1. The molecule has 1 N–H and O–H groups in total. The summed E-state index contributed by atoms with van der Waals surface area (Å²) in [5, 5.41) is 2.54. The lowest BCUT2D eigenvalue weighted by Crippen LogP contribution is -2.38. The van der Waals surface area contributed by atoms with Gasteiger partial charge in [-0.05, 0) is 40.5 Å². The van der Waals surface area contributed by atoms with Gasteiger partial charge in [0, 0.05) is 12.7 Å². The molecule has 0 rings (SSSR count). The standard InChI is InChI=1S/C18H34NO6P/c1-8-9-10-11-12-15(16(20)23-6)13-26(22,24-7)14(2)19-17(21)25-18(3,4)5/h12,14H,8-11,13H2,1-7H3,(H,19,21). The second-order valence-corrected chi connectivity index (χ2v) is 10.0. The van der Waals surface area contributed by atoms with Crippen molar-refractivity contribution in [2.45, 2.75) is 71.7 Å². The van der Waals surface area contributed by atoms with Crippen molar-refractivity contribution in [3.63, 3.8) is 0 Å². The van der Waals surface area contributed by atoms with Crippen LogP contribution in [0.3, 0.4) is 0 Å². The van der Waals surface area contributed by atoms with Crippen LogP contribution in [0.25, 0.3) is 0 Å². The number of rotatable bonds is 10. The molecule has 26 heavy (non-hydrogen) atoms. The summed E-state index contributed by atoms with van der Waals surface area (Å²) in [6.07, 6.45) is 4.68. The summed E-state index contributed by atoms with van der Waals surface area (Å²) in [7, 11) is -0.785. The number of hydrogen-bond acceptors (Lipinski definition) is 6. The Bertz CT molecular complexity index is 538. The Labute approximate surface area is 157 Å². The van der Waals surface area contributed by atoms with Crippen molar-refractivity contribution in [2.24, 2.45) is 0 Å². The van der Waals surface area contributed by atoms with Crippen molar-refractivity contribution in [3.05, 3.63) is 11.6 Å². The predicted molar refractivity (Wildman–Crippen MR) is 103 cm³/mol. The Balaban J connectivity index is 5.18. The summed E-state index contributed by atoms with van der Waals surface area (Å²) in [5.74, 6) is -1.35. The fraction of sp³-hybridized carbons (Fsp3) is 0.778. The minimum absolute atomic E-state index is 0.112. The Morgan fingerprint density at radius 1 is 1.19 bits per heavy atom. The Kier molecular flexibility index (Phi) is 10.8. The number of allylic oxidation sites excluding steroid dienone is 1. The van der Waals surface area contributed by atoms with Gasteiger partial charge in [0.15, 0.2) is 0 Å². The highest BCUT2D eigenvalue weighted by molar-refractivity contribution is 7.60. The van der Waals surface area contributed by atoms with Gasteiger partial charge in [-0.1, -0.05) is 25.8 Å². The Hall–Kier alpha value is -1.33. The molecule has 0 heterocycles. The minimum atomic E-state index is -3.37. The van der Waals surface area contributed by atoms with Crippen molar-refractivity contribution in [3.8, 4) is 0 Å². The smallest absolute Gasteiger partial charge is 0.408 e. The number of carbonyl (C=O) groups excluding carboxylic acids is 2.